The minimum Gasteiger partial charge on any atom is -0.497 e. The van der Waals surface area contributed by atoms with Crippen molar-refractivity contribution < 1.29 is 14.3 Å². The Kier molecular flexibility index (Phi) is 7.15. The van der Waals surface area contributed by atoms with Crippen LogP contribution in [0, 0.1) is 5.92 Å². The van der Waals surface area contributed by atoms with E-state index in [-0.39, 0.29) is 17.1 Å². The second kappa shape index (κ2) is 9.80. The minimum absolute atomic E-state index is 0.0739. The van der Waals surface area contributed by atoms with Crippen LogP contribution in [0.15, 0.2) is 52.4 Å². The number of rotatable bonds is 9. The third-order valence-electron chi connectivity index (χ3n) is 4.80. The Morgan fingerprint density at radius 2 is 1.90 bits per heavy atom. The van der Waals surface area contributed by atoms with Gasteiger partial charge in [-0.3, -0.25) is 14.2 Å². The number of hydrogen-bond acceptors (Lipinski definition) is 6. The fourth-order valence-corrected chi connectivity index (χ4v) is 3.99. The van der Waals surface area contributed by atoms with Crippen molar-refractivity contribution in [3.05, 3.63) is 58.4 Å². The van der Waals surface area contributed by atoms with Crippen molar-refractivity contribution in [2.75, 3.05) is 20.0 Å². The van der Waals surface area contributed by atoms with Crippen molar-refractivity contribution >= 4 is 28.4 Å². The maximum atomic E-state index is 13.0. The van der Waals surface area contributed by atoms with Crippen LogP contribution in [0.2, 0.25) is 0 Å². The van der Waals surface area contributed by atoms with E-state index in [4.69, 9.17) is 9.47 Å². The minimum atomic E-state index is -0.117. The molecule has 0 aliphatic heterocycles. The van der Waals surface area contributed by atoms with E-state index in [0.29, 0.717) is 45.6 Å². The molecule has 0 radical (unpaired) electrons. The van der Waals surface area contributed by atoms with Crippen molar-refractivity contribution in [1.82, 2.24) is 9.55 Å². The van der Waals surface area contributed by atoms with Gasteiger partial charge >= 0.3 is 0 Å². The molecule has 7 heteroatoms. The number of hydrogen-bond donors (Lipinski definition) is 0. The fraction of sp³-hybridized carbons (Fsp3) is 0.348. The summed E-state index contributed by atoms with van der Waals surface area (Å²) in [6.07, 6.45) is 0.852. The first kappa shape index (κ1) is 21.9. The number of para-hydroxylation sites is 1. The molecule has 3 rings (SSSR count). The van der Waals surface area contributed by atoms with Crippen LogP contribution in [0.5, 0.6) is 11.5 Å². The van der Waals surface area contributed by atoms with Gasteiger partial charge in [0.15, 0.2) is 10.9 Å². The molecule has 3 aromatic rings. The summed E-state index contributed by atoms with van der Waals surface area (Å²) in [7, 11) is 3.08. The molecule has 0 unspecified atom stereocenters. The monoisotopic (exact) mass is 426 g/mol. The summed E-state index contributed by atoms with van der Waals surface area (Å²) < 4.78 is 12.2. The lowest BCUT2D eigenvalue weighted by Crippen LogP contribution is -2.24. The number of nitrogens with zero attached hydrogens (tertiary/aromatic N) is 2. The highest BCUT2D eigenvalue weighted by atomic mass is 32.2. The van der Waals surface area contributed by atoms with Gasteiger partial charge in [-0.05, 0) is 42.7 Å². The van der Waals surface area contributed by atoms with E-state index >= 15 is 0 Å². The lowest BCUT2D eigenvalue weighted by molar-refractivity contribution is 0.101. The molecule has 0 bridgehead atoms. The van der Waals surface area contributed by atoms with Gasteiger partial charge in [0.1, 0.15) is 11.5 Å². The summed E-state index contributed by atoms with van der Waals surface area (Å²) in [6.45, 7) is 4.79. The van der Waals surface area contributed by atoms with E-state index in [1.807, 2.05) is 18.2 Å². The lowest BCUT2D eigenvalue weighted by Gasteiger charge is -2.14. The first-order chi connectivity index (χ1) is 14.4. The molecule has 0 saturated carbocycles. The third-order valence-corrected chi connectivity index (χ3v) is 5.77. The number of ketones is 1. The van der Waals surface area contributed by atoms with Crippen molar-refractivity contribution in [3.63, 3.8) is 0 Å². The molecular weight excluding hydrogens is 400 g/mol. The maximum absolute atomic E-state index is 13.0. The Morgan fingerprint density at radius 3 is 2.60 bits per heavy atom. The van der Waals surface area contributed by atoms with Gasteiger partial charge in [-0.25, -0.2) is 4.98 Å². The molecule has 0 aliphatic carbocycles. The van der Waals surface area contributed by atoms with E-state index in [1.54, 1.807) is 35.9 Å². The number of ether oxygens (including phenoxy) is 2. The first-order valence-corrected chi connectivity index (χ1v) is 10.8. The normalized spacial score (nSPS) is 11.1. The van der Waals surface area contributed by atoms with Crippen molar-refractivity contribution in [2.24, 2.45) is 5.92 Å². The van der Waals surface area contributed by atoms with Gasteiger partial charge in [-0.15, -0.1) is 0 Å². The van der Waals surface area contributed by atoms with E-state index in [2.05, 4.69) is 18.8 Å². The van der Waals surface area contributed by atoms with Crippen LogP contribution in [0.25, 0.3) is 10.9 Å². The zero-order valence-electron chi connectivity index (χ0n) is 17.7. The smallest absolute Gasteiger partial charge is 0.262 e. The molecular formula is C23H26N2O4S. The highest BCUT2D eigenvalue weighted by molar-refractivity contribution is 7.99. The Hall–Kier alpha value is -2.80. The molecule has 0 saturated heterocycles. The molecule has 0 aliphatic rings. The number of thioether (sulfide) groups is 1. The van der Waals surface area contributed by atoms with Crippen LogP contribution in [0.4, 0.5) is 0 Å². The Morgan fingerprint density at radius 1 is 1.13 bits per heavy atom. The molecule has 6 nitrogen and oxygen atoms in total. The van der Waals surface area contributed by atoms with Crippen LogP contribution in [0.1, 0.15) is 30.6 Å². The predicted molar refractivity (Wildman–Crippen MR) is 120 cm³/mol. The molecule has 0 atom stereocenters. The summed E-state index contributed by atoms with van der Waals surface area (Å²) in [5, 5.41) is 1.14. The van der Waals surface area contributed by atoms with Gasteiger partial charge in [0.05, 0.1) is 36.4 Å². The highest BCUT2D eigenvalue weighted by Crippen LogP contribution is 2.27. The average molecular weight is 427 g/mol. The van der Waals surface area contributed by atoms with Crippen LogP contribution >= 0.6 is 11.8 Å². The number of fused-ring (bicyclic) bond motifs is 1. The fourth-order valence-electron chi connectivity index (χ4n) is 3.08. The van der Waals surface area contributed by atoms with Gasteiger partial charge in [-0.1, -0.05) is 37.7 Å². The maximum Gasteiger partial charge on any atom is 0.262 e. The van der Waals surface area contributed by atoms with Crippen molar-refractivity contribution in [1.29, 1.82) is 0 Å². The number of Topliss-reactive ketones (excluding diaryl/α,β-unsaturated/α-hetero) is 1. The molecule has 0 N–H and O–H groups in total. The molecule has 30 heavy (non-hydrogen) atoms. The molecule has 0 amide bonds. The van der Waals surface area contributed by atoms with Gasteiger partial charge in [0.25, 0.3) is 5.56 Å². The van der Waals surface area contributed by atoms with Gasteiger partial charge < -0.3 is 9.47 Å². The summed E-state index contributed by atoms with van der Waals surface area (Å²) >= 11 is 1.27. The van der Waals surface area contributed by atoms with Crippen molar-refractivity contribution in [2.45, 2.75) is 32.0 Å². The molecule has 158 valence electrons. The second-order valence-corrected chi connectivity index (χ2v) is 8.27. The summed E-state index contributed by atoms with van der Waals surface area (Å²) in [5.74, 6) is 1.54. The molecule has 0 fully saturated rings. The number of carbonyl (C=O) groups is 1. The Labute approximate surface area is 180 Å². The topological polar surface area (TPSA) is 70.4 Å². The summed E-state index contributed by atoms with van der Waals surface area (Å²) in [6, 6.07) is 12.4. The van der Waals surface area contributed by atoms with Gasteiger partial charge in [0.2, 0.25) is 0 Å². The summed E-state index contributed by atoms with van der Waals surface area (Å²) in [4.78, 5) is 30.6. The molecule has 2 aromatic carbocycles. The zero-order valence-corrected chi connectivity index (χ0v) is 18.5. The predicted octanol–water partition coefficient (Wildman–Crippen LogP) is 4.43. The van der Waals surface area contributed by atoms with E-state index in [0.717, 1.165) is 6.42 Å². The van der Waals surface area contributed by atoms with E-state index < -0.39 is 0 Å². The van der Waals surface area contributed by atoms with Gasteiger partial charge in [0, 0.05) is 6.54 Å². The SMILES string of the molecule is COc1ccc(OC)c(C(=O)CSc2nc3ccccc3c(=O)n2CCC(C)C)c1. The van der Waals surface area contributed by atoms with Crippen molar-refractivity contribution in [3.8, 4) is 11.5 Å². The summed E-state index contributed by atoms with van der Waals surface area (Å²) in [5.41, 5.74) is 1.01. The zero-order chi connectivity index (χ0) is 21.7. The standard InChI is InChI=1S/C23H26N2O4S/c1-15(2)11-12-25-22(27)17-7-5-6-8-19(17)24-23(25)30-14-20(26)18-13-16(28-3)9-10-21(18)29-4/h5-10,13,15H,11-12,14H2,1-4H3. The quantitative estimate of drug-likeness (QED) is 0.286. The van der Waals surface area contributed by atoms with E-state index in [9.17, 15) is 9.59 Å². The van der Waals surface area contributed by atoms with Crippen LogP contribution in [0.3, 0.4) is 0 Å². The Balaban J connectivity index is 1.92. The molecule has 1 aromatic heterocycles. The first-order valence-electron chi connectivity index (χ1n) is 9.82. The number of benzene rings is 2. The van der Waals surface area contributed by atoms with E-state index in [1.165, 1.54) is 18.9 Å². The largest absolute Gasteiger partial charge is 0.497 e. The number of carbonyl (C=O) groups excluding carboxylic acids is 1. The highest BCUT2D eigenvalue weighted by Gasteiger charge is 2.17. The molecule has 0 spiro atoms. The molecule has 1 heterocycles. The third kappa shape index (κ3) is 4.84. The van der Waals surface area contributed by atoms with Crippen LogP contribution < -0.4 is 15.0 Å². The Bertz CT molecular complexity index is 1110. The second-order valence-electron chi connectivity index (χ2n) is 7.33. The lowest BCUT2D eigenvalue weighted by atomic mass is 10.1. The van der Waals surface area contributed by atoms with Crippen LogP contribution in [-0.4, -0.2) is 35.3 Å². The number of methoxy groups -OCH3 is 2. The van der Waals surface area contributed by atoms with Crippen LogP contribution in [-0.2, 0) is 6.54 Å². The average Bonchev–Trinajstić information content (AvgIpc) is 2.76. The number of aromatic nitrogens is 2. The van der Waals surface area contributed by atoms with Gasteiger partial charge in [-0.2, -0.15) is 0 Å².